The maximum Gasteiger partial charge on any atom is 0.173 e. The average molecular weight is 214 g/mol. The highest BCUT2D eigenvalue weighted by Gasteiger charge is 2.38. The maximum atomic E-state index is 11.0. The summed E-state index contributed by atoms with van der Waals surface area (Å²) in [4.78, 5) is 11.0. The largest absolute Gasteiger partial charge is 0.375 e. The van der Waals surface area contributed by atoms with Gasteiger partial charge in [0.05, 0.1) is 26.2 Å². The van der Waals surface area contributed by atoms with Gasteiger partial charge in [0, 0.05) is 0 Å². The van der Waals surface area contributed by atoms with E-state index in [0.29, 0.717) is 19.8 Å². The third kappa shape index (κ3) is 4.11. The summed E-state index contributed by atoms with van der Waals surface area (Å²) >= 11 is 0. The van der Waals surface area contributed by atoms with Crippen LogP contribution in [0.15, 0.2) is 12.7 Å². The van der Waals surface area contributed by atoms with Gasteiger partial charge < -0.3 is 14.2 Å². The van der Waals surface area contributed by atoms with E-state index in [4.69, 9.17) is 14.2 Å². The Labute approximate surface area is 90.2 Å². The monoisotopic (exact) mass is 214 g/mol. The molecule has 1 saturated heterocycles. The minimum absolute atomic E-state index is 0.0603. The lowest BCUT2D eigenvalue weighted by molar-refractivity contribution is -0.168. The summed E-state index contributed by atoms with van der Waals surface area (Å²) < 4.78 is 16.3. The highest BCUT2D eigenvalue weighted by atomic mass is 16.7. The van der Waals surface area contributed by atoms with Crippen LogP contribution in [0.2, 0.25) is 0 Å². The molecule has 0 spiro atoms. The Morgan fingerprint density at radius 3 is 3.07 bits per heavy atom. The fraction of sp³-hybridized carbons (Fsp3) is 0.727. The number of rotatable bonds is 6. The molecule has 1 fully saturated rings. The Morgan fingerprint density at radius 2 is 2.47 bits per heavy atom. The fourth-order valence-corrected chi connectivity index (χ4v) is 1.60. The van der Waals surface area contributed by atoms with Gasteiger partial charge in [0.2, 0.25) is 0 Å². The van der Waals surface area contributed by atoms with Gasteiger partial charge >= 0.3 is 0 Å². The van der Waals surface area contributed by atoms with Crippen molar-refractivity contribution in [2.45, 2.75) is 32.2 Å². The molecule has 0 N–H and O–H groups in total. The Bertz CT molecular complexity index is 239. The van der Waals surface area contributed by atoms with Crippen LogP contribution < -0.4 is 0 Å². The van der Waals surface area contributed by atoms with E-state index in [-0.39, 0.29) is 18.3 Å². The van der Waals surface area contributed by atoms with Gasteiger partial charge in [-0.2, -0.15) is 0 Å². The summed E-state index contributed by atoms with van der Waals surface area (Å²) in [6.07, 6.45) is 1.88. The number of carbonyl (C=O) groups is 1. The number of carbonyl (C=O) groups excluding carboxylic acids is 1. The second-order valence-corrected chi connectivity index (χ2v) is 3.89. The number of Topliss-reactive ketones (excluding diaryl/α,β-unsaturated/α-hetero) is 1. The highest BCUT2D eigenvalue weighted by molar-refractivity contribution is 5.76. The normalized spacial score (nSPS) is 30.4. The van der Waals surface area contributed by atoms with Gasteiger partial charge in [-0.15, -0.1) is 6.58 Å². The lowest BCUT2D eigenvalue weighted by Crippen LogP contribution is -2.30. The zero-order valence-corrected chi connectivity index (χ0v) is 9.32. The SMILES string of the molecule is C=CCOCC1COC(C)(CC(C)=O)O1. The molecule has 1 rings (SSSR count). The molecular formula is C11H18O4. The first kappa shape index (κ1) is 12.4. The first-order valence-electron chi connectivity index (χ1n) is 5.05. The second-order valence-electron chi connectivity index (χ2n) is 3.89. The first-order valence-corrected chi connectivity index (χ1v) is 5.05. The molecule has 86 valence electrons. The third-order valence-electron chi connectivity index (χ3n) is 2.10. The van der Waals surface area contributed by atoms with E-state index in [1.54, 1.807) is 13.0 Å². The van der Waals surface area contributed by atoms with Crippen molar-refractivity contribution in [2.75, 3.05) is 19.8 Å². The number of ketones is 1. The van der Waals surface area contributed by atoms with Crippen molar-refractivity contribution >= 4 is 5.78 Å². The van der Waals surface area contributed by atoms with E-state index < -0.39 is 5.79 Å². The summed E-state index contributed by atoms with van der Waals surface area (Å²) in [5.74, 6) is -0.709. The Morgan fingerprint density at radius 1 is 1.73 bits per heavy atom. The summed E-state index contributed by atoms with van der Waals surface area (Å²) in [6, 6.07) is 0. The molecule has 15 heavy (non-hydrogen) atoms. The molecule has 0 amide bonds. The zero-order chi connectivity index (χ0) is 11.3. The van der Waals surface area contributed by atoms with Crippen LogP contribution in [0.5, 0.6) is 0 Å². The van der Waals surface area contributed by atoms with Crippen molar-refractivity contribution in [3.63, 3.8) is 0 Å². The van der Waals surface area contributed by atoms with Crippen molar-refractivity contribution < 1.29 is 19.0 Å². The molecule has 0 aromatic heterocycles. The number of ether oxygens (including phenoxy) is 3. The van der Waals surface area contributed by atoms with Gasteiger partial charge in [-0.3, -0.25) is 4.79 Å². The molecule has 0 aromatic rings. The van der Waals surface area contributed by atoms with Crippen LogP contribution in [0.1, 0.15) is 20.3 Å². The van der Waals surface area contributed by atoms with Crippen molar-refractivity contribution in [3.05, 3.63) is 12.7 Å². The molecule has 0 saturated carbocycles. The van der Waals surface area contributed by atoms with Crippen LogP contribution in [0, 0.1) is 0 Å². The molecule has 2 unspecified atom stereocenters. The van der Waals surface area contributed by atoms with Gasteiger partial charge in [0.1, 0.15) is 11.9 Å². The van der Waals surface area contributed by atoms with Gasteiger partial charge in [-0.25, -0.2) is 0 Å². The molecule has 1 heterocycles. The van der Waals surface area contributed by atoms with Crippen LogP contribution in [-0.2, 0) is 19.0 Å². The summed E-state index contributed by atoms with van der Waals surface area (Å²) in [7, 11) is 0. The maximum absolute atomic E-state index is 11.0. The van der Waals surface area contributed by atoms with E-state index in [1.807, 2.05) is 0 Å². The van der Waals surface area contributed by atoms with Crippen LogP contribution >= 0.6 is 0 Å². The minimum atomic E-state index is -0.770. The number of hydrogen-bond donors (Lipinski definition) is 0. The highest BCUT2D eigenvalue weighted by Crippen LogP contribution is 2.26. The van der Waals surface area contributed by atoms with E-state index in [1.165, 1.54) is 6.92 Å². The molecule has 0 radical (unpaired) electrons. The lowest BCUT2D eigenvalue weighted by Gasteiger charge is -2.21. The predicted molar refractivity (Wildman–Crippen MR) is 55.5 cm³/mol. The van der Waals surface area contributed by atoms with Crippen LogP contribution in [0.4, 0.5) is 0 Å². The third-order valence-corrected chi connectivity index (χ3v) is 2.10. The topological polar surface area (TPSA) is 44.8 Å². The van der Waals surface area contributed by atoms with Gasteiger partial charge in [0.25, 0.3) is 0 Å². The molecule has 0 bridgehead atoms. The van der Waals surface area contributed by atoms with Crippen LogP contribution in [0.25, 0.3) is 0 Å². The zero-order valence-electron chi connectivity index (χ0n) is 9.32. The lowest BCUT2D eigenvalue weighted by atomic mass is 10.2. The summed E-state index contributed by atoms with van der Waals surface area (Å²) in [6.45, 7) is 8.31. The van der Waals surface area contributed by atoms with Crippen molar-refractivity contribution in [1.82, 2.24) is 0 Å². The van der Waals surface area contributed by atoms with E-state index in [9.17, 15) is 4.79 Å². The molecule has 0 aromatic carbocycles. The molecular weight excluding hydrogens is 196 g/mol. The molecule has 1 aliphatic heterocycles. The van der Waals surface area contributed by atoms with Gasteiger partial charge in [-0.05, 0) is 13.8 Å². The minimum Gasteiger partial charge on any atom is -0.375 e. The second kappa shape index (κ2) is 5.39. The molecule has 0 aliphatic carbocycles. The molecule has 4 nitrogen and oxygen atoms in total. The molecule has 4 heteroatoms. The fourth-order valence-electron chi connectivity index (χ4n) is 1.60. The standard InChI is InChI=1S/C11H18O4/c1-4-5-13-7-10-8-14-11(3,15-10)6-9(2)12/h4,10H,1,5-8H2,2-3H3. The smallest absolute Gasteiger partial charge is 0.173 e. The summed E-state index contributed by atoms with van der Waals surface area (Å²) in [5.41, 5.74) is 0. The van der Waals surface area contributed by atoms with E-state index in [2.05, 4.69) is 6.58 Å². The first-order chi connectivity index (χ1) is 7.06. The van der Waals surface area contributed by atoms with Gasteiger partial charge in [-0.1, -0.05) is 6.08 Å². The van der Waals surface area contributed by atoms with Gasteiger partial charge in [0.15, 0.2) is 5.79 Å². The quantitative estimate of drug-likeness (QED) is 0.494. The molecule has 1 aliphatic rings. The van der Waals surface area contributed by atoms with E-state index in [0.717, 1.165) is 0 Å². The molecule has 2 atom stereocenters. The van der Waals surface area contributed by atoms with Crippen molar-refractivity contribution in [3.8, 4) is 0 Å². The average Bonchev–Trinajstić information content (AvgIpc) is 2.46. The Kier molecular flexibility index (Phi) is 4.45. The van der Waals surface area contributed by atoms with Crippen molar-refractivity contribution in [1.29, 1.82) is 0 Å². The number of hydrogen-bond acceptors (Lipinski definition) is 4. The van der Waals surface area contributed by atoms with Crippen molar-refractivity contribution in [2.24, 2.45) is 0 Å². The summed E-state index contributed by atoms with van der Waals surface area (Å²) in [5, 5.41) is 0. The Balaban J connectivity index is 2.30. The van der Waals surface area contributed by atoms with E-state index >= 15 is 0 Å². The van der Waals surface area contributed by atoms with Crippen LogP contribution in [-0.4, -0.2) is 37.5 Å². The van der Waals surface area contributed by atoms with Crippen LogP contribution in [0.3, 0.4) is 0 Å². The Hall–Kier alpha value is -0.710. The predicted octanol–water partition coefficient (Wildman–Crippen LogP) is 1.30.